The van der Waals surface area contributed by atoms with Crippen LogP contribution in [0.1, 0.15) is 37.2 Å². The summed E-state index contributed by atoms with van der Waals surface area (Å²) in [6.07, 6.45) is 1.86. The molecule has 5 nitrogen and oxygen atoms in total. The van der Waals surface area contributed by atoms with Crippen LogP contribution in [0.5, 0.6) is 0 Å². The summed E-state index contributed by atoms with van der Waals surface area (Å²) in [5.41, 5.74) is 1.13. The molecule has 1 aliphatic heterocycles. The van der Waals surface area contributed by atoms with Gasteiger partial charge in [-0.05, 0) is 30.5 Å². The first-order valence-corrected chi connectivity index (χ1v) is 9.53. The summed E-state index contributed by atoms with van der Waals surface area (Å²) in [6.45, 7) is 0. The third-order valence-corrected chi connectivity index (χ3v) is 5.63. The Morgan fingerprint density at radius 3 is 2.36 bits per heavy atom. The van der Waals surface area contributed by atoms with Gasteiger partial charge >= 0.3 is 5.97 Å². The number of ether oxygens (including phenoxy) is 1. The molecule has 5 heteroatoms. The molecule has 4 rings (SSSR count). The molecule has 0 fully saturated rings. The summed E-state index contributed by atoms with van der Waals surface area (Å²) in [6, 6.07) is 18.8. The van der Waals surface area contributed by atoms with E-state index in [2.05, 4.69) is 0 Å². The minimum absolute atomic E-state index is 0.0587. The molecule has 0 saturated carbocycles. The number of methoxy groups -OCH3 is 1. The maximum atomic E-state index is 13.0. The Labute approximate surface area is 164 Å². The molecule has 2 aromatic rings. The number of Topliss-reactive ketones (excluding diaryl/α,β-unsaturated/α-hetero) is 1. The zero-order chi connectivity index (χ0) is 19.7. The van der Waals surface area contributed by atoms with Crippen LogP contribution in [-0.4, -0.2) is 29.7 Å². The number of aliphatic hydroxyl groups is 1. The van der Waals surface area contributed by atoms with Gasteiger partial charge in [0.05, 0.1) is 7.11 Å². The van der Waals surface area contributed by atoms with Gasteiger partial charge in [-0.15, -0.1) is 0 Å². The van der Waals surface area contributed by atoms with Crippen LogP contribution in [0.15, 0.2) is 71.9 Å². The quantitative estimate of drug-likeness (QED) is 0.829. The van der Waals surface area contributed by atoms with Crippen molar-refractivity contribution in [3.63, 3.8) is 0 Å². The number of esters is 1. The molecule has 0 unspecified atom stereocenters. The number of nitrogens with zero attached hydrogens (tertiary/aromatic N) is 1. The highest BCUT2D eigenvalue weighted by Gasteiger charge is 2.53. The zero-order valence-electron chi connectivity index (χ0n) is 15.8. The van der Waals surface area contributed by atoms with Crippen LogP contribution < -0.4 is 4.90 Å². The van der Waals surface area contributed by atoms with Crippen molar-refractivity contribution in [1.82, 2.24) is 0 Å². The third kappa shape index (κ3) is 2.92. The Bertz CT molecular complexity index is 922. The molecule has 0 aromatic heterocycles. The van der Waals surface area contributed by atoms with Gasteiger partial charge in [0.25, 0.3) is 0 Å². The predicted molar refractivity (Wildman–Crippen MR) is 106 cm³/mol. The number of ketones is 1. The monoisotopic (exact) mass is 377 g/mol. The lowest BCUT2D eigenvalue weighted by molar-refractivity contribution is -0.163. The number of hydrogen-bond donors (Lipinski definition) is 1. The van der Waals surface area contributed by atoms with Gasteiger partial charge in [0.2, 0.25) is 5.72 Å². The highest BCUT2D eigenvalue weighted by molar-refractivity contribution is 6.01. The van der Waals surface area contributed by atoms with Crippen molar-refractivity contribution in [1.29, 1.82) is 0 Å². The van der Waals surface area contributed by atoms with Crippen molar-refractivity contribution in [2.75, 3.05) is 12.0 Å². The molecule has 1 heterocycles. The normalized spacial score (nSPS) is 24.7. The lowest BCUT2D eigenvalue weighted by Gasteiger charge is -2.48. The van der Waals surface area contributed by atoms with Crippen LogP contribution in [-0.2, 0) is 14.3 Å². The summed E-state index contributed by atoms with van der Waals surface area (Å²) < 4.78 is 5.00. The second kappa shape index (κ2) is 7.24. The molecule has 2 aromatic carbocycles. The number of carbonyl (C=O) groups excluding carboxylic acids is 2. The molecule has 28 heavy (non-hydrogen) atoms. The molecule has 1 aliphatic carbocycles. The van der Waals surface area contributed by atoms with Crippen LogP contribution >= 0.6 is 0 Å². The standard InChI is InChI=1S/C23H23NO4/c1-28-22(26)23(27)15-18(16-9-4-2-5-10-16)21-19(13-8-14-20(21)25)24(23)17-11-6-3-7-12-17/h2-7,9-12,18,27H,8,13-15H2,1H3/t18-,23+/m1/s1. The summed E-state index contributed by atoms with van der Waals surface area (Å²) in [5, 5.41) is 11.6. The van der Waals surface area contributed by atoms with Crippen molar-refractivity contribution in [3.05, 3.63) is 77.5 Å². The molecule has 2 aliphatic rings. The molecule has 2 atom stereocenters. The molecule has 144 valence electrons. The average Bonchev–Trinajstić information content (AvgIpc) is 2.74. The van der Waals surface area contributed by atoms with Gasteiger partial charge in [0.1, 0.15) is 0 Å². The predicted octanol–water partition coefficient (Wildman–Crippen LogP) is 3.55. The van der Waals surface area contributed by atoms with Crippen molar-refractivity contribution in [2.45, 2.75) is 37.3 Å². The first-order valence-electron chi connectivity index (χ1n) is 9.53. The van der Waals surface area contributed by atoms with Crippen LogP contribution in [0.4, 0.5) is 5.69 Å². The number of hydrogen-bond acceptors (Lipinski definition) is 5. The van der Waals surface area contributed by atoms with E-state index in [0.29, 0.717) is 30.5 Å². The highest BCUT2D eigenvalue weighted by atomic mass is 16.5. The number of benzene rings is 2. The van der Waals surface area contributed by atoms with Gasteiger partial charge in [-0.1, -0.05) is 48.5 Å². The van der Waals surface area contributed by atoms with Gasteiger partial charge in [-0.2, -0.15) is 0 Å². The van der Waals surface area contributed by atoms with Crippen LogP contribution in [0.2, 0.25) is 0 Å². The number of allylic oxidation sites excluding steroid dienone is 2. The first-order chi connectivity index (χ1) is 13.6. The fourth-order valence-electron chi connectivity index (χ4n) is 4.43. The summed E-state index contributed by atoms with van der Waals surface area (Å²) in [4.78, 5) is 27.4. The van der Waals surface area contributed by atoms with Crippen molar-refractivity contribution < 1.29 is 19.4 Å². The van der Waals surface area contributed by atoms with Crippen molar-refractivity contribution in [3.8, 4) is 0 Å². The van der Waals surface area contributed by atoms with Crippen molar-refractivity contribution in [2.24, 2.45) is 0 Å². The van der Waals surface area contributed by atoms with Gasteiger partial charge < -0.3 is 14.7 Å². The van der Waals surface area contributed by atoms with Gasteiger partial charge in [-0.3, -0.25) is 4.79 Å². The lowest BCUT2D eigenvalue weighted by atomic mass is 9.73. The van der Waals surface area contributed by atoms with Gasteiger partial charge in [0.15, 0.2) is 5.78 Å². The Morgan fingerprint density at radius 1 is 1.07 bits per heavy atom. The molecule has 0 amide bonds. The molecular weight excluding hydrogens is 354 g/mol. The second-order valence-corrected chi connectivity index (χ2v) is 7.28. The fraction of sp³-hybridized carbons (Fsp3) is 0.304. The summed E-state index contributed by atoms with van der Waals surface area (Å²) in [7, 11) is 1.27. The summed E-state index contributed by atoms with van der Waals surface area (Å²) in [5.74, 6) is -0.988. The maximum absolute atomic E-state index is 13.0. The number of para-hydroxylation sites is 1. The molecule has 1 N–H and O–H groups in total. The van der Waals surface area contributed by atoms with Crippen molar-refractivity contribution >= 4 is 17.4 Å². The fourth-order valence-corrected chi connectivity index (χ4v) is 4.43. The molecule has 0 bridgehead atoms. The largest absolute Gasteiger partial charge is 0.465 e. The van der Waals surface area contributed by atoms with E-state index in [9.17, 15) is 14.7 Å². The van der Waals surface area contributed by atoms with E-state index < -0.39 is 11.7 Å². The smallest absolute Gasteiger partial charge is 0.359 e. The van der Waals surface area contributed by atoms with E-state index in [4.69, 9.17) is 4.74 Å². The number of rotatable bonds is 3. The Kier molecular flexibility index (Phi) is 4.77. The van der Waals surface area contributed by atoms with E-state index in [1.165, 1.54) is 7.11 Å². The van der Waals surface area contributed by atoms with Crippen LogP contribution in [0.3, 0.4) is 0 Å². The molecule has 0 spiro atoms. The average molecular weight is 377 g/mol. The number of carbonyl (C=O) groups is 2. The van der Waals surface area contributed by atoms with E-state index in [-0.39, 0.29) is 18.1 Å². The Morgan fingerprint density at radius 2 is 1.71 bits per heavy atom. The Balaban J connectivity index is 1.96. The molecule has 0 saturated heterocycles. The minimum atomic E-state index is -1.88. The molecular formula is C23H23NO4. The zero-order valence-corrected chi connectivity index (χ0v) is 15.8. The SMILES string of the molecule is COC(=O)[C@@]1(O)C[C@H](c2ccccc2)C2=C(CCCC2=O)N1c1ccccc1. The third-order valence-electron chi connectivity index (χ3n) is 5.63. The highest BCUT2D eigenvalue weighted by Crippen LogP contribution is 2.48. The number of anilines is 1. The molecule has 0 radical (unpaired) electrons. The van der Waals surface area contributed by atoms with E-state index in [1.807, 2.05) is 60.7 Å². The van der Waals surface area contributed by atoms with Gasteiger partial charge in [0, 0.05) is 35.7 Å². The van der Waals surface area contributed by atoms with Crippen LogP contribution in [0.25, 0.3) is 0 Å². The van der Waals surface area contributed by atoms with E-state index >= 15 is 0 Å². The first kappa shape index (κ1) is 18.4. The van der Waals surface area contributed by atoms with Crippen LogP contribution in [0, 0.1) is 0 Å². The summed E-state index contributed by atoms with van der Waals surface area (Å²) >= 11 is 0. The van der Waals surface area contributed by atoms with E-state index in [0.717, 1.165) is 11.3 Å². The lowest BCUT2D eigenvalue weighted by Crippen LogP contribution is -2.59. The maximum Gasteiger partial charge on any atom is 0.359 e. The van der Waals surface area contributed by atoms with Gasteiger partial charge in [-0.25, -0.2) is 4.79 Å². The second-order valence-electron chi connectivity index (χ2n) is 7.28. The van der Waals surface area contributed by atoms with E-state index in [1.54, 1.807) is 4.90 Å². The Hall–Kier alpha value is -2.92. The topological polar surface area (TPSA) is 66.8 Å². The minimum Gasteiger partial charge on any atom is -0.465 e.